The summed E-state index contributed by atoms with van der Waals surface area (Å²) in [5, 5.41) is 5.03. The van der Waals surface area contributed by atoms with Crippen molar-refractivity contribution in [1.82, 2.24) is 0 Å². The summed E-state index contributed by atoms with van der Waals surface area (Å²) in [7, 11) is 2.98. The third-order valence-electron chi connectivity index (χ3n) is 2.98. The molecule has 2 aromatic carbocycles. The maximum Gasteiger partial charge on any atom is 0.314 e. The van der Waals surface area contributed by atoms with E-state index < -0.39 is 11.8 Å². The third-order valence-corrected chi connectivity index (χ3v) is 3.67. The SMILES string of the molecule is COc1ccc(OC)c(NC(=O)C(=O)Nc2ccccc2Br)c1. The fourth-order valence-corrected chi connectivity index (χ4v) is 2.22. The largest absolute Gasteiger partial charge is 0.497 e. The van der Waals surface area contributed by atoms with Crippen molar-refractivity contribution < 1.29 is 19.1 Å². The molecule has 0 saturated heterocycles. The molecule has 6 nitrogen and oxygen atoms in total. The number of nitrogens with one attached hydrogen (secondary N) is 2. The van der Waals surface area contributed by atoms with Crippen LogP contribution in [0.5, 0.6) is 11.5 Å². The van der Waals surface area contributed by atoms with Crippen LogP contribution in [-0.2, 0) is 9.59 Å². The van der Waals surface area contributed by atoms with E-state index in [2.05, 4.69) is 26.6 Å². The number of para-hydroxylation sites is 1. The van der Waals surface area contributed by atoms with Crippen LogP contribution < -0.4 is 20.1 Å². The number of hydrogen-bond donors (Lipinski definition) is 2. The van der Waals surface area contributed by atoms with Gasteiger partial charge in [0, 0.05) is 10.5 Å². The van der Waals surface area contributed by atoms with Crippen molar-refractivity contribution in [2.45, 2.75) is 0 Å². The maximum absolute atomic E-state index is 12.1. The molecule has 0 bridgehead atoms. The summed E-state index contributed by atoms with van der Waals surface area (Å²) in [6.45, 7) is 0. The Hall–Kier alpha value is -2.54. The molecule has 0 aliphatic carbocycles. The van der Waals surface area contributed by atoms with E-state index in [1.54, 1.807) is 42.5 Å². The molecular weight excluding hydrogens is 364 g/mol. The van der Waals surface area contributed by atoms with Crippen molar-refractivity contribution in [2.24, 2.45) is 0 Å². The normalized spacial score (nSPS) is 9.87. The molecule has 2 aromatic rings. The second kappa shape index (κ2) is 7.64. The summed E-state index contributed by atoms with van der Waals surface area (Å²) in [6, 6.07) is 11.9. The molecule has 0 radical (unpaired) electrons. The highest BCUT2D eigenvalue weighted by molar-refractivity contribution is 9.10. The minimum absolute atomic E-state index is 0.346. The number of ether oxygens (including phenoxy) is 2. The predicted molar refractivity (Wildman–Crippen MR) is 90.9 cm³/mol. The monoisotopic (exact) mass is 378 g/mol. The Labute approximate surface area is 141 Å². The van der Waals surface area contributed by atoms with Crippen LogP contribution in [0.3, 0.4) is 0 Å². The van der Waals surface area contributed by atoms with Gasteiger partial charge >= 0.3 is 11.8 Å². The highest BCUT2D eigenvalue weighted by Crippen LogP contribution is 2.29. The summed E-state index contributed by atoms with van der Waals surface area (Å²) in [5.74, 6) is -0.644. The average molecular weight is 379 g/mol. The zero-order valence-electron chi connectivity index (χ0n) is 12.6. The molecule has 0 fully saturated rings. The number of anilines is 2. The molecule has 0 spiro atoms. The fraction of sp³-hybridized carbons (Fsp3) is 0.125. The van der Waals surface area contributed by atoms with Crippen LogP contribution >= 0.6 is 15.9 Å². The molecule has 2 amide bonds. The van der Waals surface area contributed by atoms with Crippen molar-refractivity contribution in [2.75, 3.05) is 24.9 Å². The number of benzene rings is 2. The van der Waals surface area contributed by atoms with Crippen molar-refractivity contribution >= 4 is 39.1 Å². The lowest BCUT2D eigenvalue weighted by Gasteiger charge is -2.12. The van der Waals surface area contributed by atoms with E-state index in [-0.39, 0.29) is 0 Å². The predicted octanol–water partition coefficient (Wildman–Crippen LogP) is 3.04. The first-order valence-electron chi connectivity index (χ1n) is 6.64. The highest BCUT2D eigenvalue weighted by atomic mass is 79.9. The van der Waals surface area contributed by atoms with Gasteiger partial charge in [-0.2, -0.15) is 0 Å². The number of rotatable bonds is 4. The molecule has 0 unspecified atom stereocenters. The van der Waals surface area contributed by atoms with Crippen LogP contribution in [0.15, 0.2) is 46.9 Å². The molecule has 0 aliphatic rings. The van der Waals surface area contributed by atoms with Crippen molar-refractivity contribution in [3.8, 4) is 11.5 Å². The Kier molecular flexibility index (Phi) is 5.59. The minimum Gasteiger partial charge on any atom is -0.497 e. The van der Waals surface area contributed by atoms with Crippen LogP contribution in [0, 0.1) is 0 Å². The maximum atomic E-state index is 12.1. The molecule has 7 heteroatoms. The van der Waals surface area contributed by atoms with Gasteiger partial charge in [0.15, 0.2) is 0 Å². The van der Waals surface area contributed by atoms with Gasteiger partial charge in [0.1, 0.15) is 11.5 Å². The first kappa shape index (κ1) is 16.8. The zero-order valence-corrected chi connectivity index (χ0v) is 14.1. The van der Waals surface area contributed by atoms with Crippen molar-refractivity contribution in [3.05, 3.63) is 46.9 Å². The van der Waals surface area contributed by atoms with Gasteiger partial charge in [-0.05, 0) is 40.2 Å². The fourth-order valence-electron chi connectivity index (χ4n) is 1.83. The number of carbonyl (C=O) groups excluding carboxylic acids is 2. The van der Waals surface area contributed by atoms with Gasteiger partial charge < -0.3 is 20.1 Å². The summed E-state index contributed by atoms with van der Waals surface area (Å²) < 4.78 is 10.9. The topological polar surface area (TPSA) is 76.7 Å². The molecule has 2 rings (SSSR count). The smallest absolute Gasteiger partial charge is 0.314 e. The minimum atomic E-state index is -0.813. The molecular formula is C16H15BrN2O4. The zero-order chi connectivity index (χ0) is 16.8. The molecule has 0 atom stereocenters. The Morgan fingerprint density at radius 3 is 2.17 bits per heavy atom. The van der Waals surface area contributed by atoms with E-state index in [0.717, 1.165) is 0 Å². The molecule has 23 heavy (non-hydrogen) atoms. The first-order chi connectivity index (χ1) is 11.0. The molecule has 0 saturated carbocycles. The number of amides is 2. The lowest BCUT2D eigenvalue weighted by molar-refractivity contribution is -0.133. The quantitative estimate of drug-likeness (QED) is 0.801. The number of hydrogen-bond acceptors (Lipinski definition) is 4. The molecule has 0 aromatic heterocycles. The third kappa shape index (κ3) is 4.23. The first-order valence-corrected chi connectivity index (χ1v) is 7.43. The van der Waals surface area contributed by atoms with E-state index in [4.69, 9.17) is 9.47 Å². The van der Waals surface area contributed by atoms with Crippen LogP contribution in [0.2, 0.25) is 0 Å². The summed E-state index contributed by atoms with van der Waals surface area (Å²) in [6.07, 6.45) is 0. The Morgan fingerprint density at radius 2 is 1.57 bits per heavy atom. The lowest BCUT2D eigenvalue weighted by atomic mass is 10.2. The molecule has 120 valence electrons. The second-order valence-corrected chi connectivity index (χ2v) is 5.31. The van der Waals surface area contributed by atoms with Gasteiger partial charge in [0.2, 0.25) is 0 Å². The average Bonchev–Trinajstić information content (AvgIpc) is 2.56. The van der Waals surface area contributed by atoms with Crippen LogP contribution in [0.25, 0.3) is 0 Å². The summed E-state index contributed by atoms with van der Waals surface area (Å²) in [4.78, 5) is 24.1. The van der Waals surface area contributed by atoms with E-state index in [9.17, 15) is 9.59 Å². The van der Waals surface area contributed by atoms with Gasteiger partial charge in [-0.1, -0.05) is 12.1 Å². The van der Waals surface area contributed by atoms with Crippen LogP contribution in [0.1, 0.15) is 0 Å². The van der Waals surface area contributed by atoms with E-state index in [1.165, 1.54) is 14.2 Å². The van der Waals surface area contributed by atoms with Crippen LogP contribution in [0.4, 0.5) is 11.4 Å². The standard InChI is InChI=1S/C16H15BrN2O4/c1-22-10-7-8-14(23-2)13(9-10)19-16(21)15(20)18-12-6-4-3-5-11(12)17/h3-9H,1-2H3,(H,18,20)(H,19,21). The molecule has 0 heterocycles. The van der Waals surface area contributed by atoms with Gasteiger partial charge in [0.25, 0.3) is 0 Å². The van der Waals surface area contributed by atoms with E-state index in [1.807, 2.05) is 0 Å². The highest BCUT2D eigenvalue weighted by Gasteiger charge is 2.17. The van der Waals surface area contributed by atoms with Gasteiger partial charge in [-0.3, -0.25) is 9.59 Å². The Balaban J connectivity index is 2.12. The lowest BCUT2D eigenvalue weighted by Crippen LogP contribution is -2.29. The molecule has 2 N–H and O–H groups in total. The van der Waals surface area contributed by atoms with Crippen molar-refractivity contribution in [3.63, 3.8) is 0 Å². The molecule has 0 aliphatic heterocycles. The van der Waals surface area contributed by atoms with Crippen molar-refractivity contribution in [1.29, 1.82) is 0 Å². The Bertz CT molecular complexity index is 734. The summed E-state index contributed by atoms with van der Waals surface area (Å²) >= 11 is 3.30. The van der Waals surface area contributed by atoms with Gasteiger partial charge in [0.05, 0.1) is 25.6 Å². The van der Waals surface area contributed by atoms with Crippen LogP contribution in [-0.4, -0.2) is 26.0 Å². The number of carbonyl (C=O) groups is 2. The van der Waals surface area contributed by atoms with E-state index in [0.29, 0.717) is 27.3 Å². The Morgan fingerprint density at radius 1 is 0.913 bits per heavy atom. The van der Waals surface area contributed by atoms with E-state index >= 15 is 0 Å². The second-order valence-electron chi connectivity index (χ2n) is 4.45. The number of halogens is 1. The summed E-state index contributed by atoms with van der Waals surface area (Å²) in [5.41, 5.74) is 0.851. The van der Waals surface area contributed by atoms with Gasteiger partial charge in [-0.15, -0.1) is 0 Å². The van der Waals surface area contributed by atoms with Gasteiger partial charge in [-0.25, -0.2) is 0 Å². The number of methoxy groups -OCH3 is 2.